The number of imide groups is 1. The second-order valence-electron chi connectivity index (χ2n) is 9.61. The summed E-state index contributed by atoms with van der Waals surface area (Å²) in [4.78, 5) is 41.7. The number of hydrogen-bond donors (Lipinski definition) is 0. The van der Waals surface area contributed by atoms with Crippen molar-refractivity contribution in [2.24, 2.45) is 0 Å². The van der Waals surface area contributed by atoms with Crippen molar-refractivity contribution in [2.45, 2.75) is 38.8 Å². The lowest BCUT2D eigenvalue weighted by molar-refractivity contribution is 0.0650. The van der Waals surface area contributed by atoms with Crippen molar-refractivity contribution in [3.63, 3.8) is 0 Å². The molecule has 2 aliphatic heterocycles. The van der Waals surface area contributed by atoms with Gasteiger partial charge < -0.3 is 0 Å². The Bertz CT molecular complexity index is 1300. The van der Waals surface area contributed by atoms with Gasteiger partial charge in [0.1, 0.15) is 6.33 Å². The van der Waals surface area contributed by atoms with Crippen molar-refractivity contribution in [2.75, 3.05) is 26.2 Å². The quantitative estimate of drug-likeness (QED) is 0.457. The third kappa shape index (κ3) is 4.95. The van der Waals surface area contributed by atoms with Crippen molar-refractivity contribution in [3.05, 3.63) is 93.7 Å². The third-order valence-corrected chi connectivity index (χ3v) is 7.02. The van der Waals surface area contributed by atoms with Gasteiger partial charge in [0, 0.05) is 38.8 Å². The van der Waals surface area contributed by atoms with E-state index in [2.05, 4.69) is 35.1 Å². The van der Waals surface area contributed by atoms with E-state index >= 15 is 0 Å². The molecule has 3 aromatic rings. The standard InChI is InChI=1S/C28H31N5O3/c1-21(18-22-8-3-2-4-9-22)19-30-16-12-23(13-17-30)32-20-29-33(28(32)36)15-7-14-31-26(34)24-10-5-6-11-25(24)27(31)35/h2-6,8-11,18,20,23H,7,12-17,19H2,1H3/b21-18+. The van der Waals surface area contributed by atoms with Crippen LogP contribution >= 0.6 is 0 Å². The summed E-state index contributed by atoms with van der Waals surface area (Å²) < 4.78 is 3.18. The first-order valence-electron chi connectivity index (χ1n) is 12.5. The Labute approximate surface area is 210 Å². The van der Waals surface area contributed by atoms with E-state index in [0.717, 1.165) is 32.5 Å². The lowest BCUT2D eigenvalue weighted by Crippen LogP contribution is -2.38. The second kappa shape index (κ2) is 10.5. The van der Waals surface area contributed by atoms with Gasteiger partial charge in [-0.1, -0.05) is 54.1 Å². The average molecular weight is 486 g/mol. The van der Waals surface area contributed by atoms with E-state index in [1.807, 2.05) is 18.2 Å². The number of aryl methyl sites for hydroxylation is 1. The number of carbonyl (C=O) groups excluding carboxylic acids is 2. The molecular weight excluding hydrogens is 454 g/mol. The number of hydrogen-bond acceptors (Lipinski definition) is 5. The molecule has 2 amide bonds. The van der Waals surface area contributed by atoms with E-state index in [1.54, 1.807) is 35.2 Å². The van der Waals surface area contributed by atoms with Gasteiger partial charge >= 0.3 is 5.69 Å². The molecule has 8 heteroatoms. The first-order chi connectivity index (χ1) is 17.5. The predicted octanol–water partition coefficient (Wildman–Crippen LogP) is 3.47. The van der Waals surface area contributed by atoms with Crippen molar-refractivity contribution in [3.8, 4) is 0 Å². The Morgan fingerprint density at radius 2 is 1.56 bits per heavy atom. The molecule has 1 aromatic heterocycles. The molecule has 2 aromatic carbocycles. The zero-order chi connectivity index (χ0) is 25.1. The average Bonchev–Trinajstić information content (AvgIpc) is 3.37. The van der Waals surface area contributed by atoms with Crippen LogP contribution in [0.5, 0.6) is 0 Å². The first-order valence-corrected chi connectivity index (χ1v) is 12.5. The minimum absolute atomic E-state index is 0.129. The second-order valence-corrected chi connectivity index (χ2v) is 9.61. The highest BCUT2D eigenvalue weighted by Crippen LogP contribution is 2.23. The van der Waals surface area contributed by atoms with Crippen LogP contribution < -0.4 is 5.69 Å². The van der Waals surface area contributed by atoms with E-state index in [9.17, 15) is 14.4 Å². The third-order valence-electron chi connectivity index (χ3n) is 7.02. The number of aromatic nitrogens is 3. The Balaban J connectivity index is 1.12. The van der Waals surface area contributed by atoms with Crippen LogP contribution in [0.2, 0.25) is 0 Å². The summed E-state index contributed by atoms with van der Waals surface area (Å²) >= 11 is 0. The Morgan fingerprint density at radius 3 is 2.22 bits per heavy atom. The SMILES string of the molecule is C/C(=C\c1ccccc1)CN1CCC(n2cnn(CCCN3C(=O)c4ccccc4C3=O)c2=O)CC1. The van der Waals surface area contributed by atoms with Gasteiger partial charge in [0.2, 0.25) is 0 Å². The molecule has 0 unspecified atom stereocenters. The molecule has 0 atom stereocenters. The van der Waals surface area contributed by atoms with Crippen LogP contribution in [0.15, 0.2) is 71.3 Å². The number of rotatable bonds is 8. The predicted molar refractivity (Wildman–Crippen MR) is 138 cm³/mol. The largest absolute Gasteiger partial charge is 0.345 e. The molecule has 1 saturated heterocycles. The van der Waals surface area contributed by atoms with Crippen LogP contribution in [0.3, 0.4) is 0 Å². The van der Waals surface area contributed by atoms with Gasteiger partial charge in [0.05, 0.1) is 11.1 Å². The Kier molecular flexibility index (Phi) is 6.95. The molecule has 3 heterocycles. The summed E-state index contributed by atoms with van der Waals surface area (Å²) in [6, 6.07) is 17.3. The molecule has 36 heavy (non-hydrogen) atoms. The van der Waals surface area contributed by atoms with Crippen LogP contribution in [0.1, 0.15) is 58.5 Å². The molecule has 0 aliphatic carbocycles. The maximum atomic E-state index is 13.0. The van der Waals surface area contributed by atoms with Crippen LogP contribution in [-0.2, 0) is 6.54 Å². The Morgan fingerprint density at radius 1 is 0.917 bits per heavy atom. The maximum absolute atomic E-state index is 13.0. The van der Waals surface area contributed by atoms with Gasteiger partial charge in [-0.15, -0.1) is 0 Å². The zero-order valence-corrected chi connectivity index (χ0v) is 20.5. The minimum atomic E-state index is -0.269. The van der Waals surface area contributed by atoms with Crippen LogP contribution in [0.4, 0.5) is 0 Å². The number of piperidine rings is 1. The number of likely N-dealkylation sites (tertiary alicyclic amines) is 1. The molecule has 0 saturated carbocycles. The number of amides is 2. The van der Waals surface area contributed by atoms with Crippen LogP contribution in [0, 0.1) is 0 Å². The summed E-state index contributed by atoms with van der Waals surface area (Å²) in [5.41, 5.74) is 3.30. The fraction of sp³-hybridized carbons (Fsp3) is 0.357. The zero-order valence-electron chi connectivity index (χ0n) is 20.5. The number of fused-ring (bicyclic) bond motifs is 1. The fourth-order valence-electron chi connectivity index (χ4n) is 5.16. The first kappa shape index (κ1) is 23.9. The summed E-state index contributed by atoms with van der Waals surface area (Å²) in [6.07, 6.45) is 6.14. The molecule has 0 radical (unpaired) electrons. The van der Waals surface area contributed by atoms with E-state index in [-0.39, 0.29) is 30.1 Å². The lowest BCUT2D eigenvalue weighted by Gasteiger charge is -2.32. The van der Waals surface area contributed by atoms with Crippen molar-refractivity contribution in [1.29, 1.82) is 0 Å². The van der Waals surface area contributed by atoms with Gasteiger partial charge in [-0.3, -0.25) is 24.0 Å². The lowest BCUT2D eigenvalue weighted by atomic mass is 10.0. The Hall–Kier alpha value is -3.78. The molecular formula is C28H31N5O3. The van der Waals surface area contributed by atoms with Gasteiger partial charge in [-0.2, -0.15) is 5.10 Å². The molecule has 186 valence electrons. The molecule has 8 nitrogen and oxygen atoms in total. The minimum Gasteiger partial charge on any atom is -0.299 e. The van der Waals surface area contributed by atoms with Gasteiger partial charge in [-0.05, 0) is 43.9 Å². The number of nitrogens with zero attached hydrogens (tertiary/aromatic N) is 5. The molecule has 0 bridgehead atoms. The maximum Gasteiger partial charge on any atom is 0.345 e. The summed E-state index contributed by atoms with van der Waals surface area (Å²) in [6.45, 7) is 5.58. The van der Waals surface area contributed by atoms with E-state index in [1.165, 1.54) is 20.7 Å². The van der Waals surface area contributed by atoms with Gasteiger partial charge in [0.25, 0.3) is 11.8 Å². The summed E-state index contributed by atoms with van der Waals surface area (Å²) in [5, 5.41) is 4.30. The van der Waals surface area contributed by atoms with Gasteiger partial charge in [-0.25, -0.2) is 9.48 Å². The highest BCUT2D eigenvalue weighted by molar-refractivity contribution is 6.21. The number of benzene rings is 2. The molecule has 2 aliphatic rings. The van der Waals surface area contributed by atoms with Gasteiger partial charge in [0.15, 0.2) is 0 Å². The van der Waals surface area contributed by atoms with Crippen LogP contribution in [-0.4, -0.2) is 62.1 Å². The molecule has 0 N–H and O–H groups in total. The smallest absolute Gasteiger partial charge is 0.299 e. The summed E-state index contributed by atoms with van der Waals surface area (Å²) in [5.74, 6) is -0.539. The highest BCUT2D eigenvalue weighted by atomic mass is 16.2. The molecule has 5 rings (SSSR count). The number of carbonyl (C=O) groups is 2. The van der Waals surface area contributed by atoms with E-state index < -0.39 is 0 Å². The van der Waals surface area contributed by atoms with Crippen molar-refractivity contribution >= 4 is 17.9 Å². The topological polar surface area (TPSA) is 80.4 Å². The molecule has 0 spiro atoms. The van der Waals surface area contributed by atoms with Crippen molar-refractivity contribution in [1.82, 2.24) is 24.1 Å². The van der Waals surface area contributed by atoms with Crippen molar-refractivity contribution < 1.29 is 9.59 Å². The van der Waals surface area contributed by atoms with E-state index in [0.29, 0.717) is 24.1 Å². The normalized spacial score (nSPS) is 17.1. The highest BCUT2D eigenvalue weighted by Gasteiger charge is 2.34. The summed E-state index contributed by atoms with van der Waals surface area (Å²) in [7, 11) is 0. The van der Waals surface area contributed by atoms with E-state index in [4.69, 9.17) is 0 Å². The fourth-order valence-corrected chi connectivity index (χ4v) is 5.16. The van der Waals surface area contributed by atoms with Crippen LogP contribution in [0.25, 0.3) is 6.08 Å². The monoisotopic (exact) mass is 485 g/mol. The molecule has 1 fully saturated rings.